The molecular weight excluding hydrogens is 444 g/mol. The second-order valence-corrected chi connectivity index (χ2v) is 7.54. The number of hydrogen-bond acceptors (Lipinski definition) is 11. The van der Waals surface area contributed by atoms with Crippen molar-refractivity contribution < 1.29 is 28.9 Å². The van der Waals surface area contributed by atoms with E-state index >= 15 is 0 Å². The summed E-state index contributed by atoms with van der Waals surface area (Å²) in [5.74, 6) is -0.828. The highest BCUT2D eigenvalue weighted by atomic mass is 32.1. The Bertz CT molecular complexity index is 999. The van der Waals surface area contributed by atoms with Gasteiger partial charge >= 0.3 is 22.6 Å². The first-order valence-corrected chi connectivity index (χ1v) is 10.2. The topological polar surface area (TPSA) is 164 Å². The molecule has 2 aromatic rings. The molecule has 1 aromatic heterocycles. The lowest BCUT2D eigenvalue weighted by Crippen LogP contribution is -2.10. The predicted molar refractivity (Wildman–Crippen MR) is 113 cm³/mol. The Morgan fingerprint density at radius 3 is 2.00 bits per heavy atom. The number of hydrogen-bond donors (Lipinski definition) is 0. The van der Waals surface area contributed by atoms with Crippen LogP contribution in [0.4, 0.5) is 21.4 Å². The van der Waals surface area contributed by atoms with E-state index in [0.717, 1.165) is 11.6 Å². The van der Waals surface area contributed by atoms with Gasteiger partial charge in [0.2, 0.25) is 5.00 Å². The number of thiophene rings is 1. The molecule has 0 unspecified atom stereocenters. The quantitative estimate of drug-likeness (QED) is 0.195. The van der Waals surface area contributed by atoms with Gasteiger partial charge in [0, 0.05) is 13.8 Å². The molecule has 170 valence electrons. The van der Waals surface area contributed by atoms with Crippen LogP contribution >= 0.6 is 11.3 Å². The molecule has 0 radical (unpaired) electrons. The molecule has 0 aliphatic rings. The maximum atomic E-state index is 11.1. The second-order valence-electron chi connectivity index (χ2n) is 6.54. The number of nitrogens with zero attached hydrogens (tertiary/aromatic N) is 4. The fourth-order valence-corrected chi connectivity index (χ4v) is 3.50. The molecule has 0 aliphatic carbocycles. The van der Waals surface area contributed by atoms with Crippen molar-refractivity contribution in [1.82, 2.24) is 0 Å². The third-order valence-corrected chi connectivity index (χ3v) is 5.18. The Hall–Kier alpha value is -3.74. The van der Waals surface area contributed by atoms with Gasteiger partial charge in [-0.3, -0.25) is 29.8 Å². The van der Waals surface area contributed by atoms with E-state index in [9.17, 15) is 29.8 Å². The van der Waals surface area contributed by atoms with E-state index in [2.05, 4.69) is 10.2 Å². The number of carbonyl (C=O) groups is 2. The van der Waals surface area contributed by atoms with Crippen LogP contribution in [0.3, 0.4) is 0 Å². The van der Waals surface area contributed by atoms with E-state index in [1.807, 2.05) is 0 Å². The van der Waals surface area contributed by atoms with Crippen molar-refractivity contribution in [2.75, 3.05) is 13.2 Å². The predicted octanol–water partition coefficient (Wildman–Crippen LogP) is 4.97. The van der Waals surface area contributed by atoms with Gasteiger partial charge < -0.3 is 9.47 Å². The van der Waals surface area contributed by atoms with E-state index < -0.39 is 20.5 Å². The molecule has 1 heterocycles. The van der Waals surface area contributed by atoms with Crippen molar-refractivity contribution in [2.24, 2.45) is 10.2 Å². The minimum Gasteiger partial charge on any atom is -0.466 e. The summed E-state index contributed by atoms with van der Waals surface area (Å²) in [5, 5.41) is 29.1. The van der Waals surface area contributed by atoms with E-state index in [0.29, 0.717) is 29.9 Å². The number of carbonyl (C=O) groups excluding carboxylic acids is 2. The van der Waals surface area contributed by atoms with Crippen LogP contribution < -0.4 is 0 Å². The summed E-state index contributed by atoms with van der Waals surface area (Å²) in [6, 6.07) is 7.66. The molecule has 0 N–H and O–H groups in total. The van der Waals surface area contributed by atoms with Crippen LogP contribution in [0.25, 0.3) is 0 Å². The zero-order valence-electron chi connectivity index (χ0n) is 17.3. The lowest BCUT2D eigenvalue weighted by molar-refractivity contribution is -0.389. The summed E-state index contributed by atoms with van der Waals surface area (Å²) in [6.07, 6.45) is 1.04. The van der Waals surface area contributed by atoms with Gasteiger partial charge in [0.1, 0.15) is 6.07 Å². The number of benzene rings is 1. The number of esters is 2. The van der Waals surface area contributed by atoms with Crippen LogP contribution in [0.5, 0.6) is 0 Å². The third-order valence-electron chi connectivity index (χ3n) is 4.22. The van der Waals surface area contributed by atoms with Crippen LogP contribution in [0.15, 0.2) is 40.6 Å². The molecule has 0 saturated heterocycles. The molecule has 0 saturated carbocycles. The summed E-state index contributed by atoms with van der Waals surface area (Å²) < 4.78 is 10.00. The molecule has 32 heavy (non-hydrogen) atoms. The van der Waals surface area contributed by atoms with Crippen molar-refractivity contribution in [2.45, 2.75) is 32.6 Å². The van der Waals surface area contributed by atoms with Gasteiger partial charge in [0.15, 0.2) is 0 Å². The minimum atomic E-state index is -0.752. The van der Waals surface area contributed by atoms with Gasteiger partial charge in [0.05, 0.1) is 28.7 Å². The van der Waals surface area contributed by atoms with E-state index in [1.54, 1.807) is 24.3 Å². The molecule has 2 rings (SSSR count). The maximum absolute atomic E-state index is 11.1. The Labute approximate surface area is 186 Å². The second kappa shape index (κ2) is 11.6. The first-order chi connectivity index (χ1) is 15.2. The van der Waals surface area contributed by atoms with Crippen LogP contribution in [-0.2, 0) is 19.1 Å². The maximum Gasteiger partial charge on any atom is 0.333 e. The first kappa shape index (κ1) is 24.5. The molecule has 1 aromatic carbocycles. The molecule has 12 nitrogen and oxygen atoms in total. The largest absolute Gasteiger partial charge is 0.466 e. The van der Waals surface area contributed by atoms with Crippen LogP contribution in [-0.4, -0.2) is 35.0 Å². The van der Waals surface area contributed by atoms with Crippen molar-refractivity contribution in [3.8, 4) is 0 Å². The van der Waals surface area contributed by atoms with Crippen LogP contribution in [0.2, 0.25) is 0 Å². The molecule has 0 aliphatic heterocycles. The summed E-state index contributed by atoms with van der Waals surface area (Å²) >= 11 is 0.562. The highest BCUT2D eigenvalue weighted by molar-refractivity contribution is 7.19. The van der Waals surface area contributed by atoms with Crippen molar-refractivity contribution in [1.29, 1.82) is 0 Å². The van der Waals surface area contributed by atoms with Gasteiger partial charge in [0.25, 0.3) is 0 Å². The Morgan fingerprint density at radius 1 is 0.969 bits per heavy atom. The molecule has 0 spiro atoms. The molecular formula is C19H20N4O8S. The third kappa shape index (κ3) is 7.50. The van der Waals surface area contributed by atoms with Gasteiger partial charge in [-0.2, -0.15) is 0 Å². The lowest BCUT2D eigenvalue weighted by Gasteiger charge is -2.17. The summed E-state index contributed by atoms with van der Waals surface area (Å²) in [4.78, 5) is 42.5. The number of azo groups is 1. The molecule has 0 bridgehead atoms. The number of nitro groups is 2. The van der Waals surface area contributed by atoms with Gasteiger partial charge in [-0.05, 0) is 47.8 Å². The van der Waals surface area contributed by atoms with E-state index in [1.165, 1.54) is 13.8 Å². The highest BCUT2D eigenvalue weighted by Crippen LogP contribution is 2.42. The van der Waals surface area contributed by atoms with Gasteiger partial charge in [-0.1, -0.05) is 12.1 Å². The molecule has 0 fully saturated rings. The Balaban J connectivity index is 2.14. The smallest absolute Gasteiger partial charge is 0.333 e. The molecule has 13 heteroatoms. The SMILES string of the molecule is CC(=O)OCCC(CCOC(C)=O)c1ccc(N=Nc2sc([N+](=O)[O-])cc2[N+](=O)[O-])cc1. The minimum absolute atomic E-state index is 0.0549. The monoisotopic (exact) mass is 464 g/mol. The molecule has 0 atom stereocenters. The average molecular weight is 464 g/mol. The van der Waals surface area contributed by atoms with Crippen molar-refractivity contribution >= 4 is 44.7 Å². The normalized spacial score (nSPS) is 11.0. The summed E-state index contributed by atoms with van der Waals surface area (Å²) in [6.45, 7) is 3.06. The zero-order valence-corrected chi connectivity index (χ0v) is 18.1. The zero-order chi connectivity index (χ0) is 23.7. The fraction of sp³-hybridized carbons (Fsp3) is 0.368. The van der Waals surface area contributed by atoms with Crippen molar-refractivity contribution in [3.63, 3.8) is 0 Å². The van der Waals surface area contributed by atoms with Crippen molar-refractivity contribution in [3.05, 3.63) is 56.1 Å². The Morgan fingerprint density at radius 2 is 1.53 bits per heavy atom. The number of ether oxygens (including phenoxy) is 2. The summed E-state index contributed by atoms with van der Waals surface area (Å²) in [5.41, 5.74) is 0.789. The van der Waals surface area contributed by atoms with E-state index in [4.69, 9.17) is 9.47 Å². The highest BCUT2D eigenvalue weighted by Gasteiger charge is 2.25. The van der Waals surface area contributed by atoms with Crippen LogP contribution in [0, 0.1) is 20.2 Å². The van der Waals surface area contributed by atoms with E-state index in [-0.39, 0.29) is 36.1 Å². The number of rotatable bonds is 11. The van der Waals surface area contributed by atoms with Gasteiger partial charge in [-0.25, -0.2) is 0 Å². The molecule has 0 amide bonds. The first-order valence-electron chi connectivity index (χ1n) is 9.38. The van der Waals surface area contributed by atoms with Crippen LogP contribution in [0.1, 0.15) is 38.2 Å². The average Bonchev–Trinajstić information content (AvgIpc) is 3.16. The standard InChI is InChI=1S/C19H20N4O8S/c1-12(24)30-9-7-15(8-10-31-13(2)25)14-3-5-16(6-4-14)20-21-19-17(22(26)27)11-18(32-19)23(28)29/h3-6,11,15H,7-10H2,1-2H3. The summed E-state index contributed by atoms with van der Waals surface area (Å²) in [7, 11) is 0. The lowest BCUT2D eigenvalue weighted by atomic mass is 9.93. The fourth-order valence-electron chi connectivity index (χ4n) is 2.74. The Kier molecular flexibility index (Phi) is 8.89. The van der Waals surface area contributed by atoms with Gasteiger partial charge in [-0.15, -0.1) is 10.2 Å².